The van der Waals surface area contributed by atoms with Gasteiger partial charge < -0.3 is 5.32 Å². The number of carbonyl (C=O) groups excluding carboxylic acids is 1. The molecule has 0 bridgehead atoms. The number of carbonyl (C=O) groups is 1. The molecule has 3 aromatic rings. The van der Waals surface area contributed by atoms with Crippen molar-refractivity contribution >= 4 is 17.2 Å². The SMILES string of the molecule is CC(C)(C)c1cc(C(=O)NCc2nccnc2-c2ccsc2)cc(C(C)(C)C)c1. The number of amides is 1. The van der Waals surface area contributed by atoms with Crippen LogP contribution in [0.3, 0.4) is 0 Å². The first-order valence-electron chi connectivity index (χ1n) is 9.82. The third-order valence-corrected chi connectivity index (χ3v) is 5.60. The molecule has 1 aromatic carbocycles. The number of hydrogen-bond donors (Lipinski definition) is 1. The van der Waals surface area contributed by atoms with Crippen LogP contribution < -0.4 is 5.32 Å². The minimum absolute atomic E-state index is 0.0344. The molecule has 0 aliphatic heterocycles. The maximum Gasteiger partial charge on any atom is 0.251 e. The molecule has 0 saturated carbocycles. The van der Waals surface area contributed by atoms with Gasteiger partial charge in [0.1, 0.15) is 0 Å². The van der Waals surface area contributed by atoms with Crippen LogP contribution in [0.2, 0.25) is 0 Å². The lowest BCUT2D eigenvalue weighted by molar-refractivity contribution is 0.0950. The van der Waals surface area contributed by atoms with Crippen molar-refractivity contribution in [1.82, 2.24) is 15.3 Å². The highest BCUT2D eigenvalue weighted by atomic mass is 32.1. The average Bonchev–Trinajstić information content (AvgIpc) is 3.19. The van der Waals surface area contributed by atoms with Crippen molar-refractivity contribution in [3.63, 3.8) is 0 Å². The molecule has 0 atom stereocenters. The second-order valence-electron chi connectivity index (χ2n) is 9.35. The highest BCUT2D eigenvalue weighted by molar-refractivity contribution is 7.08. The van der Waals surface area contributed by atoms with Crippen LogP contribution in [0.5, 0.6) is 0 Å². The van der Waals surface area contributed by atoms with Gasteiger partial charge in [-0.1, -0.05) is 47.6 Å². The fourth-order valence-corrected chi connectivity index (χ4v) is 3.67. The Hall–Kier alpha value is -2.53. The summed E-state index contributed by atoms with van der Waals surface area (Å²) in [6.45, 7) is 13.4. The van der Waals surface area contributed by atoms with E-state index in [0.29, 0.717) is 12.1 Å². The molecule has 0 fully saturated rings. The summed E-state index contributed by atoms with van der Waals surface area (Å²) in [5, 5.41) is 7.09. The van der Waals surface area contributed by atoms with E-state index in [2.05, 4.69) is 62.9 Å². The molecule has 0 spiro atoms. The van der Waals surface area contributed by atoms with Gasteiger partial charge in [0.05, 0.1) is 17.9 Å². The van der Waals surface area contributed by atoms with E-state index in [9.17, 15) is 4.79 Å². The molecular weight excluding hydrogens is 378 g/mol. The zero-order valence-corrected chi connectivity index (χ0v) is 18.9. The summed E-state index contributed by atoms with van der Waals surface area (Å²) in [5.41, 5.74) is 5.54. The van der Waals surface area contributed by atoms with Crippen LogP contribution in [0, 0.1) is 0 Å². The second kappa shape index (κ2) is 8.07. The van der Waals surface area contributed by atoms with Crippen LogP contribution in [0.1, 0.15) is 68.7 Å². The van der Waals surface area contributed by atoms with Crippen LogP contribution in [-0.4, -0.2) is 15.9 Å². The molecular formula is C24H29N3OS. The Morgan fingerprint density at radius 2 is 1.59 bits per heavy atom. The van der Waals surface area contributed by atoms with E-state index in [4.69, 9.17) is 0 Å². The number of aromatic nitrogens is 2. The summed E-state index contributed by atoms with van der Waals surface area (Å²) in [5.74, 6) is -0.0940. The van der Waals surface area contributed by atoms with Crippen molar-refractivity contribution in [2.45, 2.75) is 58.9 Å². The van der Waals surface area contributed by atoms with E-state index in [-0.39, 0.29) is 16.7 Å². The summed E-state index contributed by atoms with van der Waals surface area (Å²) in [7, 11) is 0. The van der Waals surface area contributed by atoms with Crippen molar-refractivity contribution in [3.8, 4) is 11.3 Å². The Balaban J connectivity index is 1.87. The third-order valence-electron chi connectivity index (χ3n) is 4.91. The molecule has 2 aromatic heterocycles. The number of hydrogen-bond acceptors (Lipinski definition) is 4. The van der Waals surface area contributed by atoms with Gasteiger partial charge in [-0.25, -0.2) is 0 Å². The molecule has 3 rings (SSSR count). The number of thiophene rings is 1. The Kier molecular flexibility index (Phi) is 5.90. The molecule has 1 N–H and O–H groups in total. The lowest BCUT2D eigenvalue weighted by Gasteiger charge is -2.26. The third kappa shape index (κ3) is 5.10. The first kappa shape index (κ1) is 21.2. The second-order valence-corrected chi connectivity index (χ2v) is 10.1. The van der Waals surface area contributed by atoms with E-state index in [1.807, 2.05) is 29.0 Å². The molecule has 1 amide bonds. The van der Waals surface area contributed by atoms with Gasteiger partial charge in [-0.2, -0.15) is 11.3 Å². The Morgan fingerprint density at radius 3 is 2.14 bits per heavy atom. The smallest absolute Gasteiger partial charge is 0.251 e. The Morgan fingerprint density at radius 1 is 0.966 bits per heavy atom. The molecule has 4 nitrogen and oxygen atoms in total. The monoisotopic (exact) mass is 407 g/mol. The van der Waals surface area contributed by atoms with E-state index in [0.717, 1.165) is 28.1 Å². The van der Waals surface area contributed by atoms with Crippen LogP contribution in [0.25, 0.3) is 11.3 Å². The lowest BCUT2D eigenvalue weighted by atomic mass is 9.79. The number of nitrogens with zero attached hydrogens (tertiary/aromatic N) is 2. The fourth-order valence-electron chi connectivity index (χ4n) is 3.03. The Bertz CT molecular complexity index is 963. The molecule has 5 heteroatoms. The molecule has 0 radical (unpaired) electrons. The summed E-state index contributed by atoms with van der Waals surface area (Å²) in [6.07, 6.45) is 3.34. The summed E-state index contributed by atoms with van der Waals surface area (Å²) in [6, 6.07) is 8.23. The topological polar surface area (TPSA) is 54.9 Å². The van der Waals surface area contributed by atoms with E-state index in [1.54, 1.807) is 23.7 Å². The zero-order valence-electron chi connectivity index (χ0n) is 18.0. The lowest BCUT2D eigenvalue weighted by Crippen LogP contribution is -2.26. The number of nitrogens with one attached hydrogen (secondary N) is 1. The normalized spacial score (nSPS) is 12.1. The predicted molar refractivity (Wildman–Crippen MR) is 120 cm³/mol. The van der Waals surface area contributed by atoms with Crippen LogP contribution in [0.15, 0.2) is 47.4 Å². The van der Waals surface area contributed by atoms with Gasteiger partial charge in [-0.15, -0.1) is 0 Å². The van der Waals surface area contributed by atoms with Crippen molar-refractivity contribution in [1.29, 1.82) is 0 Å². The van der Waals surface area contributed by atoms with Crippen molar-refractivity contribution in [2.75, 3.05) is 0 Å². The molecule has 0 unspecified atom stereocenters. The van der Waals surface area contributed by atoms with Gasteiger partial charge in [0.2, 0.25) is 0 Å². The molecule has 29 heavy (non-hydrogen) atoms. The highest BCUT2D eigenvalue weighted by Gasteiger charge is 2.22. The molecule has 0 aliphatic rings. The van der Waals surface area contributed by atoms with Gasteiger partial charge in [0, 0.05) is 28.9 Å². The van der Waals surface area contributed by atoms with E-state index < -0.39 is 0 Å². The van der Waals surface area contributed by atoms with Crippen LogP contribution in [-0.2, 0) is 17.4 Å². The molecule has 0 saturated heterocycles. The highest BCUT2D eigenvalue weighted by Crippen LogP contribution is 2.30. The van der Waals surface area contributed by atoms with Gasteiger partial charge in [0.25, 0.3) is 5.91 Å². The van der Waals surface area contributed by atoms with Crippen molar-refractivity contribution < 1.29 is 4.79 Å². The Labute approximate surface area is 177 Å². The summed E-state index contributed by atoms with van der Waals surface area (Å²) >= 11 is 1.62. The first-order valence-corrected chi connectivity index (χ1v) is 10.8. The molecule has 0 aliphatic carbocycles. The number of benzene rings is 1. The van der Waals surface area contributed by atoms with Crippen LogP contribution >= 0.6 is 11.3 Å². The van der Waals surface area contributed by atoms with Gasteiger partial charge in [-0.3, -0.25) is 14.8 Å². The first-order chi connectivity index (χ1) is 13.6. The van der Waals surface area contributed by atoms with Crippen molar-refractivity contribution in [3.05, 3.63) is 69.8 Å². The molecule has 2 heterocycles. The number of rotatable bonds is 4. The molecule has 152 valence electrons. The van der Waals surface area contributed by atoms with Crippen molar-refractivity contribution in [2.24, 2.45) is 0 Å². The maximum atomic E-state index is 13.0. The summed E-state index contributed by atoms with van der Waals surface area (Å²) in [4.78, 5) is 21.9. The predicted octanol–water partition coefficient (Wildman–Crippen LogP) is 5.73. The quantitative estimate of drug-likeness (QED) is 0.601. The van der Waals surface area contributed by atoms with Gasteiger partial charge in [-0.05, 0) is 45.5 Å². The largest absolute Gasteiger partial charge is 0.346 e. The van der Waals surface area contributed by atoms with E-state index >= 15 is 0 Å². The van der Waals surface area contributed by atoms with Gasteiger partial charge >= 0.3 is 0 Å². The minimum Gasteiger partial charge on any atom is -0.346 e. The van der Waals surface area contributed by atoms with E-state index in [1.165, 1.54) is 0 Å². The minimum atomic E-state index is -0.0940. The fraction of sp³-hybridized carbons (Fsp3) is 0.375. The maximum absolute atomic E-state index is 13.0. The summed E-state index contributed by atoms with van der Waals surface area (Å²) < 4.78 is 0. The van der Waals surface area contributed by atoms with Gasteiger partial charge in [0.15, 0.2) is 0 Å². The average molecular weight is 408 g/mol. The standard InChI is InChI=1S/C24H29N3OS/c1-23(2,3)18-11-17(12-19(13-18)24(4,5)6)22(28)27-14-20-21(26-9-8-25-20)16-7-10-29-15-16/h7-13,15H,14H2,1-6H3,(H,27,28). The zero-order chi connectivity index (χ0) is 21.2. The van der Waals surface area contributed by atoms with Crippen LogP contribution in [0.4, 0.5) is 0 Å².